The van der Waals surface area contributed by atoms with Crippen LogP contribution in [0.2, 0.25) is 0 Å². The van der Waals surface area contributed by atoms with Crippen LogP contribution in [0.3, 0.4) is 0 Å². The Labute approximate surface area is 62.6 Å². The lowest BCUT2D eigenvalue weighted by Crippen LogP contribution is -2.32. The largest absolute Gasteiger partial charge is 0.391 e. The van der Waals surface area contributed by atoms with E-state index in [4.69, 9.17) is 0 Å². The van der Waals surface area contributed by atoms with E-state index in [1.165, 1.54) is 0 Å². The third-order valence-corrected chi connectivity index (χ3v) is 2.35. The molecule has 0 unspecified atom stereocenters. The van der Waals surface area contributed by atoms with Crippen LogP contribution < -0.4 is 5.32 Å². The van der Waals surface area contributed by atoms with Crippen molar-refractivity contribution >= 4 is 0 Å². The molecule has 2 heteroatoms. The molecule has 1 aliphatic rings. The van der Waals surface area contributed by atoms with Gasteiger partial charge in [-0.1, -0.05) is 13.8 Å². The Bertz CT molecular complexity index is 104. The monoisotopic (exact) mass is 143 g/mol. The van der Waals surface area contributed by atoms with Crippen molar-refractivity contribution in [2.45, 2.75) is 45.4 Å². The van der Waals surface area contributed by atoms with Crippen molar-refractivity contribution < 1.29 is 5.11 Å². The van der Waals surface area contributed by atoms with Crippen LogP contribution in [-0.4, -0.2) is 23.3 Å². The van der Waals surface area contributed by atoms with Crippen molar-refractivity contribution in [2.24, 2.45) is 5.92 Å². The van der Waals surface area contributed by atoms with Crippen molar-refractivity contribution in [2.75, 3.05) is 0 Å². The maximum absolute atomic E-state index is 9.35. The zero-order valence-corrected chi connectivity index (χ0v) is 6.96. The predicted octanol–water partition coefficient (Wildman–Crippen LogP) is 0.754. The molecule has 10 heavy (non-hydrogen) atoms. The van der Waals surface area contributed by atoms with Gasteiger partial charge in [0.15, 0.2) is 0 Å². The molecule has 60 valence electrons. The van der Waals surface area contributed by atoms with Crippen molar-refractivity contribution in [3.05, 3.63) is 0 Å². The normalized spacial score (nSPS) is 41.1. The van der Waals surface area contributed by atoms with E-state index >= 15 is 0 Å². The quantitative estimate of drug-likeness (QED) is 0.568. The van der Waals surface area contributed by atoms with E-state index in [9.17, 15) is 5.11 Å². The Morgan fingerprint density at radius 2 is 2.10 bits per heavy atom. The van der Waals surface area contributed by atoms with E-state index in [-0.39, 0.29) is 12.1 Å². The number of hydrogen-bond donors (Lipinski definition) is 2. The van der Waals surface area contributed by atoms with E-state index in [2.05, 4.69) is 19.2 Å². The molecule has 1 saturated heterocycles. The molecule has 0 aliphatic carbocycles. The highest BCUT2D eigenvalue weighted by molar-refractivity contribution is 4.89. The van der Waals surface area contributed by atoms with Gasteiger partial charge in [0.2, 0.25) is 0 Å². The Morgan fingerprint density at radius 1 is 1.50 bits per heavy atom. The Hall–Kier alpha value is -0.0800. The lowest BCUT2D eigenvalue weighted by molar-refractivity contribution is 0.163. The minimum atomic E-state index is -0.132. The highest BCUT2D eigenvalue weighted by Gasteiger charge is 2.30. The molecule has 0 aromatic carbocycles. The second-order valence-corrected chi connectivity index (χ2v) is 3.61. The van der Waals surface area contributed by atoms with Gasteiger partial charge in [-0.2, -0.15) is 0 Å². The van der Waals surface area contributed by atoms with E-state index in [1.807, 2.05) is 6.92 Å². The Balaban J connectivity index is 2.41. The third-order valence-electron chi connectivity index (χ3n) is 2.35. The first kappa shape index (κ1) is 8.02. The topological polar surface area (TPSA) is 32.3 Å². The van der Waals surface area contributed by atoms with Crippen molar-refractivity contribution in [3.63, 3.8) is 0 Å². The summed E-state index contributed by atoms with van der Waals surface area (Å²) < 4.78 is 0. The fourth-order valence-electron chi connectivity index (χ4n) is 1.45. The van der Waals surface area contributed by atoms with Crippen LogP contribution in [0.15, 0.2) is 0 Å². The van der Waals surface area contributed by atoms with Gasteiger partial charge in [-0.3, -0.25) is 0 Å². The zero-order valence-electron chi connectivity index (χ0n) is 6.96. The average molecular weight is 143 g/mol. The maximum atomic E-state index is 9.35. The highest BCUT2D eigenvalue weighted by atomic mass is 16.3. The van der Waals surface area contributed by atoms with Crippen LogP contribution in [-0.2, 0) is 0 Å². The van der Waals surface area contributed by atoms with Crippen LogP contribution in [0.4, 0.5) is 0 Å². The van der Waals surface area contributed by atoms with Crippen LogP contribution in [0.5, 0.6) is 0 Å². The molecule has 2 N–H and O–H groups in total. The molecule has 1 fully saturated rings. The average Bonchev–Trinajstić information content (AvgIpc) is 2.13. The highest BCUT2D eigenvalue weighted by Crippen LogP contribution is 2.18. The van der Waals surface area contributed by atoms with Gasteiger partial charge in [0.25, 0.3) is 0 Å². The third kappa shape index (κ3) is 1.50. The summed E-state index contributed by atoms with van der Waals surface area (Å²) >= 11 is 0. The molecule has 0 amide bonds. The standard InChI is InChI=1S/C8H17NO/c1-5(2)7-4-8(10)6(3)9-7/h5-10H,4H2,1-3H3/t6-,7+,8+/m1/s1. The van der Waals surface area contributed by atoms with Crippen molar-refractivity contribution in [1.29, 1.82) is 0 Å². The van der Waals surface area contributed by atoms with Gasteiger partial charge in [-0.05, 0) is 19.3 Å². The van der Waals surface area contributed by atoms with E-state index in [1.54, 1.807) is 0 Å². The van der Waals surface area contributed by atoms with Crippen LogP contribution in [0.25, 0.3) is 0 Å². The first-order valence-electron chi connectivity index (χ1n) is 4.05. The van der Waals surface area contributed by atoms with Gasteiger partial charge in [-0.15, -0.1) is 0 Å². The molecule has 1 rings (SSSR count). The Kier molecular flexibility index (Phi) is 2.32. The summed E-state index contributed by atoms with van der Waals surface area (Å²) in [5.41, 5.74) is 0. The molecule has 0 radical (unpaired) electrons. The molecular formula is C8H17NO. The molecule has 0 aromatic rings. The fourth-order valence-corrected chi connectivity index (χ4v) is 1.45. The van der Waals surface area contributed by atoms with Gasteiger partial charge in [0, 0.05) is 12.1 Å². The van der Waals surface area contributed by atoms with Crippen LogP contribution >= 0.6 is 0 Å². The summed E-state index contributed by atoms with van der Waals surface area (Å²) in [7, 11) is 0. The van der Waals surface area contributed by atoms with Crippen LogP contribution in [0.1, 0.15) is 27.2 Å². The maximum Gasteiger partial charge on any atom is 0.0705 e. The van der Waals surface area contributed by atoms with Crippen molar-refractivity contribution in [3.8, 4) is 0 Å². The summed E-state index contributed by atoms with van der Waals surface area (Å²) in [6, 6.07) is 0.803. The molecule has 1 heterocycles. The molecule has 0 spiro atoms. The van der Waals surface area contributed by atoms with E-state index in [0.717, 1.165) is 6.42 Å². The lowest BCUT2D eigenvalue weighted by Gasteiger charge is -2.14. The Morgan fingerprint density at radius 3 is 2.30 bits per heavy atom. The minimum Gasteiger partial charge on any atom is -0.391 e. The second kappa shape index (κ2) is 2.89. The summed E-state index contributed by atoms with van der Waals surface area (Å²) in [4.78, 5) is 0. The van der Waals surface area contributed by atoms with Gasteiger partial charge >= 0.3 is 0 Å². The number of rotatable bonds is 1. The van der Waals surface area contributed by atoms with Gasteiger partial charge in [0.1, 0.15) is 0 Å². The predicted molar refractivity (Wildman–Crippen MR) is 41.8 cm³/mol. The van der Waals surface area contributed by atoms with Gasteiger partial charge in [0.05, 0.1) is 6.10 Å². The first-order valence-corrected chi connectivity index (χ1v) is 4.05. The number of hydrogen-bond acceptors (Lipinski definition) is 2. The number of aliphatic hydroxyl groups excluding tert-OH is 1. The smallest absolute Gasteiger partial charge is 0.0705 e. The zero-order chi connectivity index (χ0) is 7.72. The molecular weight excluding hydrogens is 126 g/mol. The summed E-state index contributed by atoms with van der Waals surface area (Å²) in [5, 5.41) is 12.7. The molecule has 0 saturated carbocycles. The number of nitrogens with one attached hydrogen (secondary N) is 1. The summed E-state index contributed by atoms with van der Waals surface area (Å²) in [5.74, 6) is 0.639. The van der Waals surface area contributed by atoms with Crippen molar-refractivity contribution in [1.82, 2.24) is 5.32 Å². The SMILES string of the molecule is CC(C)[C@@H]1C[C@H](O)[C@@H](C)N1. The van der Waals surface area contributed by atoms with Gasteiger partial charge < -0.3 is 10.4 Å². The van der Waals surface area contributed by atoms with Crippen LogP contribution in [0, 0.1) is 5.92 Å². The lowest BCUT2D eigenvalue weighted by atomic mass is 10.0. The molecule has 1 aliphatic heterocycles. The van der Waals surface area contributed by atoms with E-state index in [0.29, 0.717) is 12.0 Å². The van der Waals surface area contributed by atoms with E-state index < -0.39 is 0 Å². The fraction of sp³-hybridized carbons (Fsp3) is 1.00. The molecule has 0 bridgehead atoms. The summed E-state index contributed by atoms with van der Waals surface area (Å²) in [6.45, 7) is 6.40. The molecule has 0 aromatic heterocycles. The summed E-state index contributed by atoms with van der Waals surface area (Å²) in [6.07, 6.45) is 0.783. The molecule has 3 atom stereocenters. The second-order valence-electron chi connectivity index (χ2n) is 3.61. The number of aliphatic hydroxyl groups is 1. The minimum absolute atomic E-state index is 0.132. The first-order chi connectivity index (χ1) is 4.61. The molecule has 2 nitrogen and oxygen atoms in total. The van der Waals surface area contributed by atoms with Gasteiger partial charge in [-0.25, -0.2) is 0 Å².